The van der Waals surface area contributed by atoms with Crippen molar-refractivity contribution < 1.29 is 29.0 Å². The van der Waals surface area contributed by atoms with E-state index >= 15 is 0 Å². The molecule has 0 spiro atoms. The first-order valence-electron chi connectivity index (χ1n) is 8.62. The molecular formula is C20H18N2O6. The number of rotatable bonds is 7. The molecule has 2 N–H and O–H groups in total. The van der Waals surface area contributed by atoms with Crippen LogP contribution in [0, 0.1) is 0 Å². The van der Waals surface area contributed by atoms with Gasteiger partial charge in [0.1, 0.15) is 12.6 Å². The summed E-state index contributed by atoms with van der Waals surface area (Å²) < 4.78 is 4.96. The number of carbonyl (C=O) groups is 4. The van der Waals surface area contributed by atoms with E-state index in [1.54, 1.807) is 54.6 Å². The number of alkyl carbamates (subject to hydrolysis) is 1. The lowest BCUT2D eigenvalue weighted by molar-refractivity contribution is -0.139. The first-order chi connectivity index (χ1) is 13.5. The van der Waals surface area contributed by atoms with Crippen molar-refractivity contribution in [2.45, 2.75) is 12.5 Å². The van der Waals surface area contributed by atoms with Gasteiger partial charge < -0.3 is 15.2 Å². The van der Waals surface area contributed by atoms with Crippen LogP contribution in [0.25, 0.3) is 0 Å². The van der Waals surface area contributed by atoms with Crippen LogP contribution in [0.4, 0.5) is 4.79 Å². The summed E-state index contributed by atoms with van der Waals surface area (Å²) in [5.41, 5.74) is 1.37. The molecule has 1 aliphatic heterocycles. The number of carboxylic acid groups (broad SMARTS) is 1. The summed E-state index contributed by atoms with van der Waals surface area (Å²) in [7, 11) is 0. The minimum atomic E-state index is -1.19. The number of benzene rings is 2. The first kappa shape index (κ1) is 19.1. The minimum absolute atomic E-state index is 0.101. The van der Waals surface area contributed by atoms with Crippen molar-refractivity contribution in [3.8, 4) is 0 Å². The lowest BCUT2D eigenvalue weighted by atomic mass is 10.1. The highest BCUT2D eigenvalue weighted by Crippen LogP contribution is 2.21. The molecule has 1 aliphatic rings. The van der Waals surface area contributed by atoms with Crippen LogP contribution in [-0.2, 0) is 16.0 Å². The fourth-order valence-electron chi connectivity index (χ4n) is 2.91. The molecule has 28 heavy (non-hydrogen) atoms. The third-order valence-electron chi connectivity index (χ3n) is 4.30. The Kier molecular flexibility index (Phi) is 5.69. The molecule has 144 valence electrons. The van der Waals surface area contributed by atoms with Crippen LogP contribution in [-0.4, -0.2) is 53.1 Å². The molecule has 1 heterocycles. The van der Waals surface area contributed by atoms with E-state index < -0.39 is 29.9 Å². The minimum Gasteiger partial charge on any atom is -0.480 e. The van der Waals surface area contributed by atoms with E-state index in [1.165, 1.54) is 0 Å². The number of hydrogen-bond donors (Lipinski definition) is 2. The van der Waals surface area contributed by atoms with E-state index in [0.29, 0.717) is 11.1 Å². The molecule has 3 rings (SSSR count). The molecule has 8 nitrogen and oxygen atoms in total. The number of nitrogens with zero attached hydrogens (tertiary/aromatic N) is 1. The summed E-state index contributed by atoms with van der Waals surface area (Å²) in [4.78, 5) is 48.7. The summed E-state index contributed by atoms with van der Waals surface area (Å²) in [6.45, 7) is -0.356. The van der Waals surface area contributed by atoms with Crippen molar-refractivity contribution in [3.05, 3.63) is 71.3 Å². The highest BCUT2D eigenvalue weighted by molar-refractivity contribution is 6.21. The summed E-state index contributed by atoms with van der Waals surface area (Å²) in [6, 6.07) is 14.1. The number of nitrogens with one attached hydrogen (secondary N) is 1. The van der Waals surface area contributed by atoms with Crippen LogP contribution in [0.3, 0.4) is 0 Å². The lowest BCUT2D eigenvalue weighted by Gasteiger charge is -2.16. The maximum atomic E-state index is 12.2. The quantitative estimate of drug-likeness (QED) is 0.705. The van der Waals surface area contributed by atoms with Gasteiger partial charge in [0.25, 0.3) is 11.8 Å². The number of imide groups is 1. The number of aliphatic carboxylic acids is 1. The average Bonchev–Trinajstić information content (AvgIpc) is 2.93. The fourth-order valence-corrected chi connectivity index (χ4v) is 2.91. The Bertz CT molecular complexity index is 877. The standard InChI is InChI=1S/C20H18N2O6/c23-17-14-8-4-5-9-15(14)18(24)22(17)10-11-28-20(27)21-16(19(25)26)12-13-6-2-1-3-7-13/h1-9,16H,10-12H2,(H,21,27)(H,25,26)/t16-/m0/s1. The molecule has 0 unspecified atom stereocenters. The number of fused-ring (bicyclic) bond motifs is 1. The summed E-state index contributed by atoms with van der Waals surface area (Å²) >= 11 is 0. The number of ether oxygens (including phenoxy) is 1. The molecule has 8 heteroatoms. The Hall–Kier alpha value is -3.68. The van der Waals surface area contributed by atoms with Gasteiger partial charge in [-0.15, -0.1) is 0 Å². The number of carboxylic acids is 1. The van der Waals surface area contributed by atoms with Crippen molar-refractivity contribution in [2.24, 2.45) is 0 Å². The van der Waals surface area contributed by atoms with E-state index in [4.69, 9.17) is 4.74 Å². The predicted molar refractivity (Wildman–Crippen MR) is 97.9 cm³/mol. The zero-order valence-electron chi connectivity index (χ0n) is 14.8. The smallest absolute Gasteiger partial charge is 0.407 e. The van der Waals surface area contributed by atoms with Gasteiger partial charge in [0, 0.05) is 6.42 Å². The SMILES string of the molecule is O=C(N[C@@H](Cc1ccccc1)C(=O)O)OCCN1C(=O)c2ccccc2C1=O. The molecule has 3 amide bonds. The second kappa shape index (κ2) is 8.34. The van der Waals surface area contributed by atoms with Gasteiger partial charge >= 0.3 is 12.1 Å². The predicted octanol–water partition coefficient (Wildman–Crippen LogP) is 1.70. The van der Waals surface area contributed by atoms with E-state index in [9.17, 15) is 24.3 Å². The van der Waals surface area contributed by atoms with Crippen molar-refractivity contribution >= 4 is 23.9 Å². The van der Waals surface area contributed by atoms with Gasteiger partial charge in [-0.2, -0.15) is 0 Å². The van der Waals surface area contributed by atoms with Gasteiger partial charge in [0.15, 0.2) is 0 Å². The van der Waals surface area contributed by atoms with E-state index in [2.05, 4.69) is 5.32 Å². The van der Waals surface area contributed by atoms with Crippen molar-refractivity contribution in [3.63, 3.8) is 0 Å². The van der Waals surface area contributed by atoms with E-state index in [1.807, 2.05) is 0 Å². The zero-order valence-corrected chi connectivity index (χ0v) is 14.8. The van der Waals surface area contributed by atoms with Crippen LogP contribution in [0.15, 0.2) is 54.6 Å². The third kappa shape index (κ3) is 4.17. The lowest BCUT2D eigenvalue weighted by Crippen LogP contribution is -2.43. The van der Waals surface area contributed by atoms with Crippen molar-refractivity contribution in [2.75, 3.05) is 13.2 Å². The van der Waals surface area contributed by atoms with E-state index in [0.717, 1.165) is 10.5 Å². The number of amides is 3. The Morgan fingerprint density at radius 2 is 1.54 bits per heavy atom. The van der Waals surface area contributed by atoms with Crippen molar-refractivity contribution in [1.29, 1.82) is 0 Å². The molecule has 0 saturated carbocycles. The van der Waals surface area contributed by atoms with Crippen molar-refractivity contribution in [1.82, 2.24) is 10.2 Å². The normalized spacial score (nSPS) is 13.8. The fraction of sp³-hybridized carbons (Fsp3) is 0.200. The van der Waals surface area contributed by atoms with Gasteiger partial charge in [-0.3, -0.25) is 14.5 Å². The third-order valence-corrected chi connectivity index (χ3v) is 4.30. The first-order valence-corrected chi connectivity index (χ1v) is 8.62. The Balaban J connectivity index is 1.51. The molecule has 0 fully saturated rings. The van der Waals surface area contributed by atoms with Crippen LogP contribution < -0.4 is 5.32 Å². The molecule has 1 atom stereocenters. The van der Waals surface area contributed by atoms with Gasteiger partial charge in [0.2, 0.25) is 0 Å². The van der Waals surface area contributed by atoms with Crippen LogP contribution in [0.5, 0.6) is 0 Å². The molecule has 2 aromatic carbocycles. The Morgan fingerprint density at radius 1 is 0.964 bits per heavy atom. The summed E-state index contributed by atoms with van der Waals surface area (Å²) in [6.07, 6.45) is -0.830. The molecule has 0 saturated heterocycles. The van der Waals surface area contributed by atoms with Crippen LogP contribution in [0.2, 0.25) is 0 Å². The number of hydrogen-bond acceptors (Lipinski definition) is 5. The van der Waals surface area contributed by atoms with Gasteiger partial charge in [-0.05, 0) is 17.7 Å². The summed E-state index contributed by atoms with van der Waals surface area (Å²) in [5.74, 6) is -2.09. The number of carbonyl (C=O) groups excluding carboxylic acids is 3. The topological polar surface area (TPSA) is 113 Å². The van der Waals surface area contributed by atoms with Gasteiger partial charge in [-0.25, -0.2) is 9.59 Å². The Morgan fingerprint density at radius 3 is 2.11 bits per heavy atom. The molecular weight excluding hydrogens is 364 g/mol. The highest BCUT2D eigenvalue weighted by atomic mass is 16.5. The maximum absolute atomic E-state index is 12.2. The second-order valence-electron chi connectivity index (χ2n) is 6.17. The maximum Gasteiger partial charge on any atom is 0.407 e. The zero-order chi connectivity index (χ0) is 20.1. The van der Waals surface area contributed by atoms with E-state index in [-0.39, 0.29) is 19.6 Å². The van der Waals surface area contributed by atoms with Crippen LogP contribution >= 0.6 is 0 Å². The second-order valence-corrected chi connectivity index (χ2v) is 6.17. The Labute approximate surface area is 160 Å². The highest BCUT2D eigenvalue weighted by Gasteiger charge is 2.34. The molecule has 0 radical (unpaired) electrons. The monoisotopic (exact) mass is 382 g/mol. The van der Waals surface area contributed by atoms with Gasteiger partial charge in [-0.1, -0.05) is 42.5 Å². The average molecular weight is 382 g/mol. The molecule has 2 aromatic rings. The largest absolute Gasteiger partial charge is 0.480 e. The molecule has 0 bridgehead atoms. The van der Waals surface area contributed by atoms with Gasteiger partial charge in [0.05, 0.1) is 17.7 Å². The summed E-state index contributed by atoms with van der Waals surface area (Å²) in [5, 5.41) is 11.6. The molecule has 0 aromatic heterocycles. The molecule has 0 aliphatic carbocycles. The van der Waals surface area contributed by atoms with Crippen LogP contribution in [0.1, 0.15) is 26.3 Å².